The minimum atomic E-state index is 0.264. The first-order valence-electron chi connectivity index (χ1n) is 5.30. The second-order valence-electron chi connectivity index (χ2n) is 4.22. The van der Waals surface area contributed by atoms with Crippen molar-refractivity contribution in [1.82, 2.24) is 4.98 Å². The Labute approximate surface area is 93.8 Å². The highest BCUT2D eigenvalue weighted by molar-refractivity contribution is 7.11. The van der Waals surface area contributed by atoms with E-state index in [4.69, 9.17) is 0 Å². The highest BCUT2D eigenvalue weighted by Gasteiger charge is 2.48. The monoisotopic (exact) mass is 215 g/mol. The van der Waals surface area contributed by atoms with E-state index in [9.17, 15) is 0 Å². The lowest BCUT2D eigenvalue weighted by Crippen LogP contribution is -2.07. The van der Waals surface area contributed by atoms with Gasteiger partial charge in [0.15, 0.2) is 0 Å². The third kappa shape index (κ3) is 1.40. The van der Waals surface area contributed by atoms with E-state index in [1.54, 1.807) is 0 Å². The third-order valence-corrected chi connectivity index (χ3v) is 4.22. The van der Waals surface area contributed by atoms with Crippen molar-refractivity contribution in [1.29, 1.82) is 0 Å². The van der Waals surface area contributed by atoms with Gasteiger partial charge in [0.25, 0.3) is 0 Å². The highest BCUT2D eigenvalue weighted by Crippen LogP contribution is 2.54. The molecule has 1 aromatic heterocycles. The molecule has 15 heavy (non-hydrogen) atoms. The summed E-state index contributed by atoms with van der Waals surface area (Å²) < 4.78 is 0. The van der Waals surface area contributed by atoms with Crippen LogP contribution in [0.4, 0.5) is 0 Å². The summed E-state index contributed by atoms with van der Waals surface area (Å²) in [4.78, 5) is 5.86. The van der Waals surface area contributed by atoms with E-state index in [1.165, 1.54) is 28.3 Å². The molecule has 1 heterocycles. The Hall–Kier alpha value is -1.15. The standard InChI is InChI=1S/C13H13NS/c1-10-9-14-12(15-10)13(7-8-13)11-5-3-2-4-6-11/h2-6,9H,7-8H2,1H3. The number of rotatable bonds is 2. The Morgan fingerprint density at radius 1 is 1.20 bits per heavy atom. The number of nitrogens with zero attached hydrogens (tertiary/aromatic N) is 1. The van der Waals surface area contributed by atoms with Gasteiger partial charge in [-0.2, -0.15) is 0 Å². The summed E-state index contributed by atoms with van der Waals surface area (Å²) >= 11 is 1.84. The SMILES string of the molecule is Cc1cnc(C2(c3ccccc3)CC2)s1. The summed E-state index contributed by atoms with van der Waals surface area (Å²) in [6.07, 6.45) is 4.50. The zero-order valence-electron chi connectivity index (χ0n) is 8.73. The first kappa shape index (κ1) is 9.10. The molecule has 0 unspecified atom stereocenters. The molecule has 0 radical (unpaired) electrons. The van der Waals surface area contributed by atoms with E-state index in [1.807, 2.05) is 17.5 Å². The van der Waals surface area contributed by atoms with Gasteiger partial charge >= 0.3 is 0 Å². The van der Waals surface area contributed by atoms with Gasteiger partial charge in [-0.1, -0.05) is 30.3 Å². The number of hydrogen-bond donors (Lipinski definition) is 0. The van der Waals surface area contributed by atoms with Gasteiger partial charge in [-0.25, -0.2) is 4.98 Å². The highest BCUT2D eigenvalue weighted by atomic mass is 32.1. The lowest BCUT2D eigenvalue weighted by molar-refractivity contribution is 0.833. The summed E-state index contributed by atoms with van der Waals surface area (Å²) in [6.45, 7) is 2.13. The average molecular weight is 215 g/mol. The Bertz CT molecular complexity index is 468. The molecule has 1 aliphatic carbocycles. The molecule has 1 saturated carbocycles. The van der Waals surface area contributed by atoms with Crippen LogP contribution in [0.2, 0.25) is 0 Å². The predicted molar refractivity (Wildman–Crippen MR) is 63.3 cm³/mol. The fourth-order valence-electron chi connectivity index (χ4n) is 2.08. The van der Waals surface area contributed by atoms with Gasteiger partial charge in [0.1, 0.15) is 5.01 Å². The molecule has 1 aliphatic rings. The molecule has 0 spiro atoms. The van der Waals surface area contributed by atoms with E-state index < -0.39 is 0 Å². The van der Waals surface area contributed by atoms with Crippen LogP contribution < -0.4 is 0 Å². The second kappa shape index (κ2) is 3.17. The summed E-state index contributed by atoms with van der Waals surface area (Å²) in [5, 5.41) is 1.30. The van der Waals surface area contributed by atoms with Crippen molar-refractivity contribution in [2.45, 2.75) is 25.2 Å². The van der Waals surface area contributed by atoms with E-state index >= 15 is 0 Å². The lowest BCUT2D eigenvalue weighted by Gasteiger charge is -2.11. The maximum atomic E-state index is 4.54. The van der Waals surface area contributed by atoms with Crippen LogP contribution in [0, 0.1) is 6.92 Å². The predicted octanol–water partition coefficient (Wildman–Crippen LogP) is 3.53. The molecule has 2 aromatic rings. The van der Waals surface area contributed by atoms with E-state index in [0.717, 1.165) is 0 Å². The molecule has 1 nitrogen and oxygen atoms in total. The smallest absolute Gasteiger partial charge is 0.103 e. The third-order valence-electron chi connectivity index (χ3n) is 3.11. The zero-order valence-corrected chi connectivity index (χ0v) is 9.55. The normalized spacial score (nSPS) is 17.7. The van der Waals surface area contributed by atoms with Gasteiger partial charge in [0, 0.05) is 16.5 Å². The molecule has 0 amide bonds. The number of aromatic nitrogens is 1. The first-order chi connectivity index (χ1) is 7.31. The van der Waals surface area contributed by atoms with Crippen molar-refractivity contribution in [3.63, 3.8) is 0 Å². The molecule has 1 fully saturated rings. The molecule has 0 N–H and O–H groups in total. The van der Waals surface area contributed by atoms with Crippen LogP contribution in [0.25, 0.3) is 0 Å². The number of thiazole rings is 1. The maximum Gasteiger partial charge on any atom is 0.103 e. The Morgan fingerprint density at radius 2 is 1.93 bits per heavy atom. The maximum absolute atomic E-state index is 4.54. The van der Waals surface area contributed by atoms with Crippen LogP contribution in [0.3, 0.4) is 0 Å². The van der Waals surface area contributed by atoms with Crippen LogP contribution >= 0.6 is 11.3 Å². The number of aryl methyl sites for hydroxylation is 1. The van der Waals surface area contributed by atoms with Crippen LogP contribution in [0.15, 0.2) is 36.5 Å². The van der Waals surface area contributed by atoms with E-state index in [0.29, 0.717) is 0 Å². The zero-order chi connectivity index (χ0) is 10.3. The van der Waals surface area contributed by atoms with Crippen molar-refractivity contribution < 1.29 is 0 Å². The molecule has 1 aromatic carbocycles. The van der Waals surface area contributed by atoms with Gasteiger partial charge in [0.05, 0.1) is 0 Å². The minimum Gasteiger partial charge on any atom is -0.248 e. The second-order valence-corrected chi connectivity index (χ2v) is 5.46. The number of hydrogen-bond acceptors (Lipinski definition) is 2. The topological polar surface area (TPSA) is 12.9 Å². The van der Waals surface area contributed by atoms with Crippen molar-refractivity contribution >= 4 is 11.3 Å². The summed E-state index contributed by atoms with van der Waals surface area (Å²) in [7, 11) is 0. The van der Waals surface area contributed by atoms with Crippen molar-refractivity contribution in [3.8, 4) is 0 Å². The van der Waals surface area contributed by atoms with Gasteiger partial charge in [-0.05, 0) is 25.3 Å². The minimum absolute atomic E-state index is 0.264. The van der Waals surface area contributed by atoms with Crippen molar-refractivity contribution in [2.24, 2.45) is 0 Å². The summed E-state index contributed by atoms with van der Waals surface area (Å²) in [5.74, 6) is 0. The summed E-state index contributed by atoms with van der Waals surface area (Å²) in [5.41, 5.74) is 1.69. The van der Waals surface area contributed by atoms with Gasteiger partial charge in [-0.3, -0.25) is 0 Å². The Kier molecular flexibility index (Phi) is 1.93. The average Bonchev–Trinajstić information content (AvgIpc) is 2.98. The van der Waals surface area contributed by atoms with Crippen molar-refractivity contribution in [2.75, 3.05) is 0 Å². The number of benzene rings is 1. The van der Waals surface area contributed by atoms with Gasteiger partial charge < -0.3 is 0 Å². The Balaban J connectivity index is 2.05. The van der Waals surface area contributed by atoms with Gasteiger partial charge in [0.2, 0.25) is 0 Å². The van der Waals surface area contributed by atoms with Crippen molar-refractivity contribution in [3.05, 3.63) is 52.0 Å². The molecular weight excluding hydrogens is 202 g/mol. The van der Waals surface area contributed by atoms with Gasteiger partial charge in [-0.15, -0.1) is 11.3 Å². The summed E-state index contributed by atoms with van der Waals surface area (Å²) in [6, 6.07) is 10.8. The molecule has 2 heteroatoms. The Morgan fingerprint density at radius 3 is 2.47 bits per heavy atom. The van der Waals surface area contributed by atoms with Crippen LogP contribution in [0.1, 0.15) is 28.3 Å². The largest absolute Gasteiger partial charge is 0.248 e. The first-order valence-corrected chi connectivity index (χ1v) is 6.11. The van der Waals surface area contributed by atoms with Crippen LogP contribution in [-0.2, 0) is 5.41 Å². The lowest BCUT2D eigenvalue weighted by atomic mass is 9.97. The van der Waals surface area contributed by atoms with E-state index in [2.05, 4.69) is 42.2 Å². The fraction of sp³-hybridized carbons (Fsp3) is 0.308. The molecular formula is C13H13NS. The fourth-order valence-corrected chi connectivity index (χ4v) is 3.12. The molecule has 76 valence electrons. The van der Waals surface area contributed by atoms with Crippen LogP contribution in [-0.4, -0.2) is 4.98 Å². The molecule has 0 saturated heterocycles. The van der Waals surface area contributed by atoms with E-state index in [-0.39, 0.29) is 5.41 Å². The molecule has 0 bridgehead atoms. The van der Waals surface area contributed by atoms with Crippen LogP contribution in [0.5, 0.6) is 0 Å². The molecule has 0 atom stereocenters. The molecule has 0 aliphatic heterocycles. The quantitative estimate of drug-likeness (QED) is 0.746. The molecule has 3 rings (SSSR count).